The highest BCUT2D eigenvalue weighted by Gasteiger charge is 2.28. The zero-order valence-corrected chi connectivity index (χ0v) is 15.9. The summed E-state index contributed by atoms with van der Waals surface area (Å²) in [5.74, 6) is -0.416. The summed E-state index contributed by atoms with van der Waals surface area (Å²) < 4.78 is 26.9. The Hall–Kier alpha value is -1.93. The van der Waals surface area contributed by atoms with E-state index in [1.54, 1.807) is 19.1 Å². The maximum Gasteiger partial charge on any atom is 0.243 e. The third kappa shape index (κ3) is 4.79. The molecule has 0 spiro atoms. The van der Waals surface area contributed by atoms with Gasteiger partial charge in [-0.2, -0.15) is 4.31 Å². The summed E-state index contributed by atoms with van der Waals surface area (Å²) in [5.41, 5.74) is 1.00. The Morgan fingerprint density at radius 3 is 2.56 bits per heavy atom. The van der Waals surface area contributed by atoms with Crippen molar-refractivity contribution in [2.45, 2.75) is 51.0 Å². The van der Waals surface area contributed by atoms with Gasteiger partial charge in [-0.25, -0.2) is 8.42 Å². The van der Waals surface area contributed by atoms with E-state index in [9.17, 15) is 18.0 Å². The molecule has 0 atom stereocenters. The molecule has 1 aliphatic rings. The Kier molecular flexibility index (Phi) is 5.53. The van der Waals surface area contributed by atoms with E-state index in [1.165, 1.54) is 6.07 Å². The second-order valence-corrected chi connectivity index (χ2v) is 9.03. The van der Waals surface area contributed by atoms with Gasteiger partial charge < -0.3 is 10.6 Å². The molecule has 0 saturated carbocycles. The molecule has 1 heterocycles. The van der Waals surface area contributed by atoms with Crippen LogP contribution in [0.15, 0.2) is 23.1 Å². The van der Waals surface area contributed by atoms with Crippen LogP contribution in [0, 0.1) is 0 Å². The third-order valence-electron chi connectivity index (χ3n) is 3.80. The van der Waals surface area contributed by atoms with Crippen LogP contribution in [-0.4, -0.2) is 43.2 Å². The minimum Gasteiger partial charge on any atom is -0.350 e. The number of aryl methyl sites for hydroxylation is 1. The molecular formula is C17H25N3O4S. The normalized spacial score (nSPS) is 14.8. The summed E-state index contributed by atoms with van der Waals surface area (Å²) in [5, 5.41) is 5.50. The van der Waals surface area contributed by atoms with E-state index in [2.05, 4.69) is 10.6 Å². The Morgan fingerprint density at radius 1 is 1.28 bits per heavy atom. The van der Waals surface area contributed by atoms with E-state index in [0.717, 1.165) is 9.87 Å². The van der Waals surface area contributed by atoms with Crippen molar-refractivity contribution in [1.82, 2.24) is 9.62 Å². The number of anilines is 1. The Morgan fingerprint density at radius 2 is 1.96 bits per heavy atom. The number of nitrogens with zero attached hydrogens (tertiary/aromatic N) is 1. The van der Waals surface area contributed by atoms with E-state index in [0.29, 0.717) is 18.5 Å². The number of carbonyl (C=O) groups excluding carboxylic acids is 2. The molecule has 2 N–H and O–H groups in total. The largest absolute Gasteiger partial charge is 0.350 e. The first-order valence-electron chi connectivity index (χ1n) is 8.27. The summed E-state index contributed by atoms with van der Waals surface area (Å²) in [6.45, 7) is 7.17. The highest BCUT2D eigenvalue weighted by Crippen LogP contribution is 2.27. The number of hydrogen-bond donors (Lipinski definition) is 2. The fourth-order valence-corrected chi connectivity index (χ4v) is 4.11. The number of nitrogens with one attached hydrogen (secondary N) is 2. The fourth-order valence-electron chi connectivity index (χ4n) is 2.65. The predicted molar refractivity (Wildman–Crippen MR) is 95.7 cm³/mol. The lowest BCUT2D eigenvalue weighted by molar-refractivity contribution is -0.122. The van der Waals surface area contributed by atoms with Crippen molar-refractivity contribution in [2.75, 3.05) is 18.4 Å². The number of amides is 2. The lowest BCUT2D eigenvalue weighted by Crippen LogP contribution is -2.47. The maximum atomic E-state index is 12.9. The highest BCUT2D eigenvalue weighted by molar-refractivity contribution is 7.89. The van der Waals surface area contributed by atoms with Gasteiger partial charge in [-0.1, -0.05) is 6.92 Å². The molecule has 2 amide bonds. The van der Waals surface area contributed by atoms with Gasteiger partial charge in [0.25, 0.3) is 0 Å². The van der Waals surface area contributed by atoms with Gasteiger partial charge in [0.2, 0.25) is 21.8 Å². The van der Waals surface area contributed by atoms with Gasteiger partial charge in [0.05, 0.1) is 11.4 Å². The van der Waals surface area contributed by atoms with Crippen LogP contribution in [0.4, 0.5) is 5.69 Å². The molecule has 7 nitrogen and oxygen atoms in total. The molecule has 0 fully saturated rings. The number of likely N-dealkylation sites (N-methyl/N-ethyl adjacent to an activating group) is 1. The lowest BCUT2D eigenvalue weighted by Gasteiger charge is -2.25. The molecular weight excluding hydrogens is 342 g/mol. The first-order valence-corrected chi connectivity index (χ1v) is 9.71. The predicted octanol–water partition coefficient (Wildman–Crippen LogP) is 1.50. The van der Waals surface area contributed by atoms with Crippen molar-refractivity contribution < 1.29 is 18.0 Å². The number of carbonyl (C=O) groups is 2. The Bertz CT molecular complexity index is 782. The summed E-state index contributed by atoms with van der Waals surface area (Å²) in [6, 6.07) is 4.64. The topological polar surface area (TPSA) is 95.6 Å². The van der Waals surface area contributed by atoms with Crippen LogP contribution in [0.5, 0.6) is 0 Å². The Balaban J connectivity index is 2.24. The SMILES string of the molecule is CCN(CC(=O)NC(C)(C)C)S(=O)(=O)c1ccc2c(c1)CCC(=O)N2. The number of sulfonamides is 1. The molecule has 8 heteroatoms. The average molecular weight is 367 g/mol. The molecule has 25 heavy (non-hydrogen) atoms. The summed E-state index contributed by atoms with van der Waals surface area (Å²) >= 11 is 0. The van der Waals surface area contributed by atoms with E-state index in [-0.39, 0.29) is 29.8 Å². The van der Waals surface area contributed by atoms with Crippen LogP contribution < -0.4 is 10.6 Å². The van der Waals surface area contributed by atoms with Crippen molar-refractivity contribution in [3.05, 3.63) is 23.8 Å². The third-order valence-corrected chi connectivity index (χ3v) is 5.71. The highest BCUT2D eigenvalue weighted by atomic mass is 32.2. The lowest BCUT2D eigenvalue weighted by atomic mass is 10.0. The number of hydrogen-bond acceptors (Lipinski definition) is 4. The fraction of sp³-hybridized carbons (Fsp3) is 0.529. The van der Waals surface area contributed by atoms with Gasteiger partial charge >= 0.3 is 0 Å². The van der Waals surface area contributed by atoms with Crippen LogP contribution in [0.2, 0.25) is 0 Å². The Labute approximate surface area is 148 Å². The van der Waals surface area contributed by atoms with Crippen molar-refractivity contribution in [3.63, 3.8) is 0 Å². The van der Waals surface area contributed by atoms with Crippen molar-refractivity contribution in [2.24, 2.45) is 0 Å². The molecule has 0 bridgehead atoms. The molecule has 0 aliphatic carbocycles. The standard InChI is InChI=1S/C17H25N3O4S/c1-5-20(11-16(22)19-17(2,3)4)25(23,24)13-7-8-14-12(10-13)6-9-15(21)18-14/h7-8,10H,5-6,9,11H2,1-4H3,(H,18,21)(H,19,22). The number of rotatable bonds is 5. The first-order chi connectivity index (χ1) is 11.5. The van der Waals surface area contributed by atoms with Crippen LogP contribution >= 0.6 is 0 Å². The minimum atomic E-state index is -3.79. The van der Waals surface area contributed by atoms with E-state index in [1.807, 2.05) is 20.8 Å². The molecule has 2 rings (SSSR count). The van der Waals surface area contributed by atoms with Crippen molar-refractivity contribution in [3.8, 4) is 0 Å². The molecule has 1 aliphatic heterocycles. The molecule has 0 unspecified atom stereocenters. The molecule has 1 aromatic carbocycles. The molecule has 1 aromatic rings. The zero-order valence-electron chi connectivity index (χ0n) is 15.0. The van der Waals surface area contributed by atoms with Gasteiger partial charge in [-0.15, -0.1) is 0 Å². The summed E-state index contributed by atoms with van der Waals surface area (Å²) in [4.78, 5) is 23.7. The van der Waals surface area contributed by atoms with Crippen LogP contribution in [0.1, 0.15) is 39.7 Å². The summed E-state index contributed by atoms with van der Waals surface area (Å²) in [7, 11) is -3.79. The van der Waals surface area contributed by atoms with Crippen molar-refractivity contribution in [1.29, 1.82) is 0 Å². The van der Waals surface area contributed by atoms with Crippen LogP contribution in [0.25, 0.3) is 0 Å². The van der Waals surface area contributed by atoms with Crippen molar-refractivity contribution >= 4 is 27.5 Å². The second-order valence-electron chi connectivity index (χ2n) is 7.10. The molecule has 0 radical (unpaired) electrons. The van der Waals surface area contributed by atoms with E-state index in [4.69, 9.17) is 0 Å². The first kappa shape index (κ1) is 19.4. The van der Waals surface area contributed by atoms with Gasteiger partial charge in [-0.05, 0) is 51.0 Å². The number of benzene rings is 1. The van der Waals surface area contributed by atoms with E-state index < -0.39 is 15.6 Å². The maximum absolute atomic E-state index is 12.9. The van der Waals surface area contributed by atoms with Gasteiger partial charge in [0.15, 0.2) is 0 Å². The molecule has 0 aromatic heterocycles. The zero-order chi connectivity index (χ0) is 18.8. The van der Waals surface area contributed by atoms with Crippen LogP contribution in [0.3, 0.4) is 0 Å². The summed E-state index contributed by atoms with van der Waals surface area (Å²) in [6.07, 6.45) is 0.836. The van der Waals surface area contributed by atoms with Gasteiger partial charge in [0.1, 0.15) is 0 Å². The van der Waals surface area contributed by atoms with Gasteiger partial charge in [0, 0.05) is 24.2 Å². The second kappa shape index (κ2) is 7.13. The molecule has 138 valence electrons. The monoisotopic (exact) mass is 367 g/mol. The minimum absolute atomic E-state index is 0.0721. The quantitative estimate of drug-likeness (QED) is 0.824. The van der Waals surface area contributed by atoms with E-state index >= 15 is 0 Å². The van der Waals surface area contributed by atoms with Gasteiger partial charge in [-0.3, -0.25) is 9.59 Å². The number of fused-ring (bicyclic) bond motifs is 1. The average Bonchev–Trinajstić information content (AvgIpc) is 2.50. The molecule has 0 saturated heterocycles. The smallest absolute Gasteiger partial charge is 0.243 e. The van der Waals surface area contributed by atoms with Crippen LogP contribution in [-0.2, 0) is 26.0 Å².